The van der Waals surface area contributed by atoms with Crippen LogP contribution in [0.2, 0.25) is 0 Å². The van der Waals surface area contributed by atoms with Gasteiger partial charge in [-0.25, -0.2) is 0 Å². The van der Waals surface area contributed by atoms with Crippen molar-refractivity contribution in [2.75, 3.05) is 6.61 Å². The van der Waals surface area contributed by atoms with E-state index in [2.05, 4.69) is 24.3 Å². The van der Waals surface area contributed by atoms with Gasteiger partial charge in [-0.05, 0) is 24.7 Å². The highest BCUT2D eigenvalue weighted by molar-refractivity contribution is 5.79. The minimum Gasteiger partial charge on any atom is -0.373 e. The van der Waals surface area contributed by atoms with E-state index >= 15 is 0 Å². The number of hydrogen-bond acceptors (Lipinski definition) is 2. The van der Waals surface area contributed by atoms with Gasteiger partial charge in [0.25, 0.3) is 0 Å². The lowest BCUT2D eigenvalue weighted by Crippen LogP contribution is -2.41. The van der Waals surface area contributed by atoms with Crippen molar-refractivity contribution in [3.8, 4) is 0 Å². The summed E-state index contributed by atoms with van der Waals surface area (Å²) in [6.07, 6.45) is 12.5. The van der Waals surface area contributed by atoms with E-state index in [0.29, 0.717) is 23.5 Å². The summed E-state index contributed by atoms with van der Waals surface area (Å²) in [4.78, 5) is 11.7. The predicted molar refractivity (Wildman–Crippen MR) is 62.0 cm³/mol. The SMILES string of the molecule is O=C1CCCC2COC3C=CC=CC3C2C1. The largest absolute Gasteiger partial charge is 0.373 e. The fourth-order valence-electron chi connectivity index (χ4n) is 3.36. The highest BCUT2D eigenvalue weighted by atomic mass is 16.5. The van der Waals surface area contributed by atoms with Crippen molar-refractivity contribution in [3.05, 3.63) is 24.3 Å². The summed E-state index contributed by atoms with van der Waals surface area (Å²) in [7, 11) is 0. The summed E-state index contributed by atoms with van der Waals surface area (Å²) in [5.41, 5.74) is 0. The van der Waals surface area contributed by atoms with Crippen LogP contribution in [0.3, 0.4) is 0 Å². The van der Waals surface area contributed by atoms with Crippen molar-refractivity contribution in [1.29, 1.82) is 0 Å². The molecule has 1 aliphatic heterocycles. The van der Waals surface area contributed by atoms with Crippen LogP contribution in [0.4, 0.5) is 0 Å². The first-order valence-electron chi connectivity index (χ1n) is 6.33. The van der Waals surface area contributed by atoms with Gasteiger partial charge in [-0.1, -0.05) is 24.3 Å². The first-order chi connectivity index (χ1) is 7.84. The van der Waals surface area contributed by atoms with Crippen LogP contribution in [0.15, 0.2) is 24.3 Å². The molecule has 2 fully saturated rings. The maximum atomic E-state index is 11.7. The molecule has 86 valence electrons. The van der Waals surface area contributed by atoms with Gasteiger partial charge in [-0.2, -0.15) is 0 Å². The fourth-order valence-corrected chi connectivity index (χ4v) is 3.36. The Labute approximate surface area is 96.4 Å². The van der Waals surface area contributed by atoms with Gasteiger partial charge >= 0.3 is 0 Å². The zero-order chi connectivity index (χ0) is 11.0. The number of carbonyl (C=O) groups excluding carboxylic acids is 1. The Balaban J connectivity index is 1.84. The van der Waals surface area contributed by atoms with Crippen LogP contribution in [0.5, 0.6) is 0 Å². The van der Waals surface area contributed by atoms with E-state index in [1.807, 2.05) is 0 Å². The average molecular weight is 218 g/mol. The van der Waals surface area contributed by atoms with Gasteiger partial charge in [0.15, 0.2) is 0 Å². The first kappa shape index (κ1) is 10.3. The lowest BCUT2D eigenvalue weighted by atomic mass is 9.73. The third-order valence-corrected chi connectivity index (χ3v) is 4.22. The summed E-state index contributed by atoms with van der Waals surface area (Å²) in [6.45, 7) is 0.845. The van der Waals surface area contributed by atoms with Crippen molar-refractivity contribution in [2.24, 2.45) is 17.8 Å². The molecule has 0 N–H and O–H groups in total. The van der Waals surface area contributed by atoms with Crippen LogP contribution < -0.4 is 0 Å². The molecule has 4 unspecified atom stereocenters. The smallest absolute Gasteiger partial charge is 0.133 e. The standard InChI is InChI=1S/C14H18O2/c15-11-5-3-4-10-9-16-14-7-2-1-6-12(14)13(10)8-11/h1-2,6-7,10,12-14H,3-5,8-9H2. The molecule has 3 aliphatic rings. The topological polar surface area (TPSA) is 26.3 Å². The lowest BCUT2D eigenvalue weighted by Gasteiger charge is -2.41. The van der Waals surface area contributed by atoms with E-state index in [0.717, 1.165) is 32.3 Å². The van der Waals surface area contributed by atoms with Crippen molar-refractivity contribution >= 4 is 5.78 Å². The fraction of sp³-hybridized carbons (Fsp3) is 0.643. The Hall–Kier alpha value is -0.890. The number of rotatable bonds is 0. The Morgan fingerprint density at radius 1 is 1.25 bits per heavy atom. The van der Waals surface area contributed by atoms with E-state index in [1.54, 1.807) is 0 Å². The maximum absolute atomic E-state index is 11.7. The van der Waals surface area contributed by atoms with E-state index in [4.69, 9.17) is 4.74 Å². The van der Waals surface area contributed by atoms with Crippen LogP contribution in [-0.4, -0.2) is 18.5 Å². The monoisotopic (exact) mass is 218 g/mol. The molecule has 0 radical (unpaired) electrons. The molecule has 0 aromatic rings. The summed E-state index contributed by atoms with van der Waals surface area (Å²) in [5, 5.41) is 0. The van der Waals surface area contributed by atoms with Crippen LogP contribution in [0.25, 0.3) is 0 Å². The quantitative estimate of drug-likeness (QED) is 0.624. The summed E-state index contributed by atoms with van der Waals surface area (Å²) >= 11 is 0. The van der Waals surface area contributed by atoms with E-state index in [9.17, 15) is 4.79 Å². The van der Waals surface area contributed by atoms with E-state index in [1.165, 1.54) is 0 Å². The Kier molecular flexibility index (Phi) is 2.68. The molecule has 1 saturated heterocycles. The molecule has 1 heterocycles. The highest BCUT2D eigenvalue weighted by Crippen LogP contribution is 2.41. The predicted octanol–water partition coefficient (Wildman–Crippen LogP) is 2.50. The molecule has 2 nitrogen and oxygen atoms in total. The zero-order valence-corrected chi connectivity index (χ0v) is 9.47. The van der Waals surface area contributed by atoms with Crippen LogP contribution in [-0.2, 0) is 9.53 Å². The van der Waals surface area contributed by atoms with Crippen LogP contribution in [0.1, 0.15) is 25.7 Å². The van der Waals surface area contributed by atoms with Crippen molar-refractivity contribution in [2.45, 2.75) is 31.8 Å². The number of allylic oxidation sites excluding steroid dienone is 2. The van der Waals surface area contributed by atoms with Crippen molar-refractivity contribution in [3.63, 3.8) is 0 Å². The van der Waals surface area contributed by atoms with Gasteiger partial charge in [0.1, 0.15) is 5.78 Å². The molecule has 0 bridgehead atoms. The summed E-state index contributed by atoms with van der Waals surface area (Å²) in [6, 6.07) is 0. The van der Waals surface area contributed by atoms with Gasteiger partial charge < -0.3 is 4.74 Å². The molecule has 1 saturated carbocycles. The molecule has 0 amide bonds. The van der Waals surface area contributed by atoms with Crippen molar-refractivity contribution in [1.82, 2.24) is 0 Å². The molecule has 3 rings (SSSR count). The first-order valence-corrected chi connectivity index (χ1v) is 6.33. The molecule has 0 aromatic carbocycles. The third-order valence-electron chi connectivity index (χ3n) is 4.22. The number of hydrogen-bond donors (Lipinski definition) is 0. The Bertz CT molecular complexity index is 343. The molecule has 2 aliphatic carbocycles. The number of Topliss-reactive ketones (excluding diaryl/α,β-unsaturated/α-hetero) is 1. The minimum absolute atomic E-state index is 0.220. The third kappa shape index (κ3) is 1.75. The average Bonchev–Trinajstić information content (AvgIpc) is 2.50. The van der Waals surface area contributed by atoms with E-state index < -0.39 is 0 Å². The molecular formula is C14H18O2. The summed E-state index contributed by atoms with van der Waals surface area (Å²) in [5.74, 6) is 2.01. The van der Waals surface area contributed by atoms with Gasteiger partial charge in [-0.3, -0.25) is 4.79 Å². The second-order valence-electron chi connectivity index (χ2n) is 5.20. The van der Waals surface area contributed by atoms with Crippen LogP contribution >= 0.6 is 0 Å². The maximum Gasteiger partial charge on any atom is 0.133 e. The molecule has 4 atom stereocenters. The molecule has 2 heteroatoms. The molecule has 0 spiro atoms. The second kappa shape index (κ2) is 4.17. The number of carbonyl (C=O) groups is 1. The van der Waals surface area contributed by atoms with Gasteiger partial charge in [0.2, 0.25) is 0 Å². The lowest BCUT2D eigenvalue weighted by molar-refractivity contribution is -0.122. The summed E-state index contributed by atoms with van der Waals surface area (Å²) < 4.78 is 5.89. The Morgan fingerprint density at radius 2 is 2.12 bits per heavy atom. The normalized spacial score (nSPS) is 42.4. The highest BCUT2D eigenvalue weighted by Gasteiger charge is 2.40. The molecule has 0 aromatic heterocycles. The number of fused-ring (bicyclic) bond motifs is 3. The second-order valence-corrected chi connectivity index (χ2v) is 5.20. The number of ketones is 1. The minimum atomic E-state index is 0.220. The molecular weight excluding hydrogens is 200 g/mol. The van der Waals surface area contributed by atoms with Crippen molar-refractivity contribution < 1.29 is 9.53 Å². The van der Waals surface area contributed by atoms with E-state index in [-0.39, 0.29) is 6.10 Å². The number of ether oxygens (including phenoxy) is 1. The van der Waals surface area contributed by atoms with Gasteiger partial charge in [0.05, 0.1) is 12.7 Å². The van der Waals surface area contributed by atoms with Gasteiger partial charge in [0, 0.05) is 18.8 Å². The Morgan fingerprint density at radius 3 is 3.06 bits per heavy atom. The molecule has 16 heavy (non-hydrogen) atoms. The van der Waals surface area contributed by atoms with Crippen LogP contribution in [0, 0.1) is 17.8 Å². The van der Waals surface area contributed by atoms with Gasteiger partial charge in [-0.15, -0.1) is 0 Å². The zero-order valence-electron chi connectivity index (χ0n) is 9.47.